The molecule has 0 spiro atoms. The van der Waals surface area contributed by atoms with Crippen LogP contribution in [-0.4, -0.2) is 4.57 Å². The predicted octanol–water partition coefficient (Wildman–Crippen LogP) is 8.45. The van der Waals surface area contributed by atoms with Gasteiger partial charge in [0, 0.05) is 36.6 Å². The molecule has 0 aliphatic heterocycles. The molecule has 0 aliphatic carbocycles. The number of hydrogen-bond acceptors (Lipinski definition) is 1. The second kappa shape index (κ2) is 6.20. The van der Waals surface area contributed by atoms with E-state index < -0.39 is 0 Å². The molecule has 0 atom stereocenters. The lowest BCUT2D eigenvalue weighted by Crippen LogP contribution is -2.10. The van der Waals surface area contributed by atoms with Crippen LogP contribution in [0.1, 0.15) is 26.3 Å². The summed E-state index contributed by atoms with van der Waals surface area (Å²) in [6.45, 7) is 6.87. The van der Waals surface area contributed by atoms with Crippen LogP contribution >= 0.6 is 11.3 Å². The Kier molecular flexibility index (Phi) is 3.66. The van der Waals surface area contributed by atoms with Gasteiger partial charge in [-0.1, -0.05) is 69.3 Å². The Morgan fingerprint density at radius 1 is 0.667 bits per heavy atom. The van der Waals surface area contributed by atoms with Gasteiger partial charge in [0.1, 0.15) is 0 Å². The molecule has 0 amide bonds. The maximum atomic E-state index is 2.45. The molecule has 6 aromatic rings. The molecular formula is C28H23NS. The van der Waals surface area contributed by atoms with Crippen molar-refractivity contribution >= 4 is 53.3 Å². The lowest BCUT2D eigenvalue weighted by atomic mass is 9.86. The highest BCUT2D eigenvalue weighted by molar-refractivity contribution is 7.26. The Bertz CT molecular complexity index is 1560. The smallest absolute Gasteiger partial charge is 0.0634 e. The number of aromatic nitrogens is 1. The summed E-state index contributed by atoms with van der Waals surface area (Å²) in [5, 5.41) is 5.37. The van der Waals surface area contributed by atoms with Crippen LogP contribution in [0.5, 0.6) is 0 Å². The molecule has 1 nitrogen and oxygen atoms in total. The van der Waals surface area contributed by atoms with Gasteiger partial charge in [0.25, 0.3) is 0 Å². The van der Waals surface area contributed by atoms with Crippen LogP contribution in [0.3, 0.4) is 0 Å². The molecule has 4 aromatic carbocycles. The largest absolute Gasteiger partial charge is 0.309 e. The van der Waals surface area contributed by atoms with Crippen molar-refractivity contribution in [3.05, 3.63) is 90.5 Å². The third-order valence-corrected chi connectivity index (χ3v) is 7.28. The Morgan fingerprint density at radius 3 is 2.20 bits per heavy atom. The Hall–Kier alpha value is -3.10. The number of rotatable bonds is 1. The number of fused-ring (bicyclic) bond motifs is 7. The first-order valence-corrected chi connectivity index (χ1v) is 11.3. The van der Waals surface area contributed by atoms with Crippen LogP contribution in [-0.2, 0) is 5.41 Å². The maximum absolute atomic E-state index is 2.45. The van der Waals surface area contributed by atoms with Crippen molar-refractivity contribution in [1.29, 1.82) is 0 Å². The van der Waals surface area contributed by atoms with Gasteiger partial charge in [0.05, 0.1) is 11.0 Å². The molecular weight excluding hydrogens is 382 g/mol. The Labute approximate surface area is 180 Å². The molecule has 0 radical (unpaired) electrons. The molecule has 0 saturated carbocycles. The summed E-state index contributed by atoms with van der Waals surface area (Å²) in [6, 6.07) is 31.2. The van der Waals surface area contributed by atoms with Crippen LogP contribution in [0.15, 0.2) is 84.9 Å². The fourth-order valence-corrected chi connectivity index (χ4v) is 5.72. The zero-order valence-corrected chi connectivity index (χ0v) is 18.3. The molecule has 2 heteroatoms. The van der Waals surface area contributed by atoms with Crippen LogP contribution in [0.2, 0.25) is 0 Å². The number of para-hydroxylation sites is 2. The fraction of sp³-hybridized carbons (Fsp3) is 0.143. The molecule has 2 aromatic heterocycles. The van der Waals surface area contributed by atoms with E-state index in [9.17, 15) is 0 Å². The summed E-state index contributed by atoms with van der Waals surface area (Å²) in [6.07, 6.45) is 0. The van der Waals surface area contributed by atoms with Gasteiger partial charge in [-0.05, 0) is 47.4 Å². The van der Waals surface area contributed by atoms with E-state index in [1.165, 1.54) is 53.2 Å². The second-order valence-corrected chi connectivity index (χ2v) is 10.2. The van der Waals surface area contributed by atoms with Crippen molar-refractivity contribution in [3.8, 4) is 5.69 Å². The molecule has 0 unspecified atom stereocenters. The van der Waals surface area contributed by atoms with Gasteiger partial charge in [0.2, 0.25) is 0 Å². The average molecular weight is 406 g/mol. The molecule has 0 N–H and O–H groups in total. The van der Waals surface area contributed by atoms with Gasteiger partial charge in [-0.3, -0.25) is 0 Å². The van der Waals surface area contributed by atoms with Crippen molar-refractivity contribution in [2.75, 3.05) is 0 Å². The van der Waals surface area contributed by atoms with E-state index in [2.05, 4.69) is 110 Å². The highest BCUT2D eigenvalue weighted by atomic mass is 32.1. The van der Waals surface area contributed by atoms with Gasteiger partial charge in [0.15, 0.2) is 0 Å². The first-order chi connectivity index (χ1) is 14.5. The van der Waals surface area contributed by atoms with Gasteiger partial charge in [-0.25, -0.2) is 0 Å². The maximum Gasteiger partial charge on any atom is 0.0634 e. The summed E-state index contributed by atoms with van der Waals surface area (Å²) in [4.78, 5) is 0. The van der Waals surface area contributed by atoms with Crippen molar-refractivity contribution in [2.24, 2.45) is 0 Å². The highest BCUT2D eigenvalue weighted by Crippen LogP contribution is 2.43. The zero-order valence-electron chi connectivity index (χ0n) is 17.4. The van der Waals surface area contributed by atoms with E-state index in [0.717, 1.165) is 0 Å². The summed E-state index contributed by atoms with van der Waals surface area (Å²) < 4.78 is 5.15. The molecule has 0 saturated heterocycles. The number of hydrogen-bond donors (Lipinski definition) is 0. The van der Waals surface area contributed by atoms with Crippen LogP contribution in [0.4, 0.5) is 0 Å². The van der Waals surface area contributed by atoms with Crippen LogP contribution in [0, 0.1) is 0 Å². The normalized spacial score (nSPS) is 12.5. The van der Waals surface area contributed by atoms with E-state index in [1.54, 1.807) is 0 Å². The monoisotopic (exact) mass is 405 g/mol. The number of benzene rings is 4. The molecule has 30 heavy (non-hydrogen) atoms. The lowest BCUT2D eigenvalue weighted by molar-refractivity contribution is 0.591. The third kappa shape index (κ3) is 2.47. The topological polar surface area (TPSA) is 4.93 Å². The van der Waals surface area contributed by atoms with Crippen molar-refractivity contribution in [2.45, 2.75) is 26.2 Å². The SMILES string of the molecule is CC(C)(C)c1ccc2sc3ccc4c5ccccc5n(-c5ccccc5)c4c3c2c1. The van der Waals surface area contributed by atoms with Gasteiger partial charge >= 0.3 is 0 Å². The van der Waals surface area contributed by atoms with Gasteiger partial charge in [-0.15, -0.1) is 11.3 Å². The van der Waals surface area contributed by atoms with Crippen molar-refractivity contribution in [3.63, 3.8) is 0 Å². The summed E-state index contributed by atoms with van der Waals surface area (Å²) >= 11 is 1.90. The van der Waals surface area contributed by atoms with E-state index >= 15 is 0 Å². The highest BCUT2D eigenvalue weighted by Gasteiger charge is 2.20. The van der Waals surface area contributed by atoms with Gasteiger partial charge in [-0.2, -0.15) is 0 Å². The predicted molar refractivity (Wildman–Crippen MR) is 132 cm³/mol. The second-order valence-electron chi connectivity index (χ2n) is 9.09. The first kappa shape index (κ1) is 17.7. The summed E-state index contributed by atoms with van der Waals surface area (Å²) in [5.74, 6) is 0. The van der Waals surface area contributed by atoms with Gasteiger partial charge < -0.3 is 4.57 Å². The van der Waals surface area contributed by atoms with Crippen molar-refractivity contribution < 1.29 is 0 Å². The third-order valence-electron chi connectivity index (χ3n) is 6.15. The molecule has 6 rings (SSSR count). The van der Waals surface area contributed by atoms with E-state index in [0.29, 0.717) is 0 Å². The quantitative estimate of drug-likeness (QED) is 0.258. The van der Waals surface area contributed by atoms with Crippen LogP contribution < -0.4 is 0 Å². The van der Waals surface area contributed by atoms with Crippen molar-refractivity contribution in [1.82, 2.24) is 4.57 Å². The Morgan fingerprint density at radius 2 is 1.40 bits per heavy atom. The van der Waals surface area contributed by atoms with Crippen LogP contribution in [0.25, 0.3) is 47.7 Å². The minimum Gasteiger partial charge on any atom is -0.309 e. The summed E-state index contributed by atoms with van der Waals surface area (Å²) in [5.41, 5.74) is 5.30. The Balaban J connectivity index is 1.87. The minimum absolute atomic E-state index is 0.127. The molecule has 2 heterocycles. The molecule has 0 fully saturated rings. The fourth-order valence-electron chi connectivity index (χ4n) is 4.63. The first-order valence-electron chi connectivity index (χ1n) is 10.5. The minimum atomic E-state index is 0.127. The standard InChI is InChI=1S/C28H23NS/c1-28(2,3)18-13-15-24-22(17-18)26-25(30-24)16-14-21-20-11-7-8-12-23(20)29(27(21)26)19-9-5-4-6-10-19/h4-17H,1-3H3. The van der Waals surface area contributed by atoms with E-state index in [4.69, 9.17) is 0 Å². The lowest BCUT2D eigenvalue weighted by Gasteiger charge is -2.19. The van der Waals surface area contributed by atoms with E-state index in [-0.39, 0.29) is 5.41 Å². The molecule has 146 valence electrons. The zero-order chi connectivity index (χ0) is 20.5. The summed E-state index contributed by atoms with van der Waals surface area (Å²) in [7, 11) is 0. The van der Waals surface area contributed by atoms with E-state index in [1.807, 2.05) is 11.3 Å². The molecule has 0 aliphatic rings. The average Bonchev–Trinajstić information content (AvgIpc) is 3.28. The number of thiophene rings is 1. The molecule has 0 bridgehead atoms. The number of nitrogens with zero attached hydrogens (tertiary/aromatic N) is 1.